The zero-order valence-electron chi connectivity index (χ0n) is 17.7. The van der Waals surface area contributed by atoms with Crippen molar-refractivity contribution in [2.75, 3.05) is 33.4 Å². The Balaban J connectivity index is 1.42. The van der Waals surface area contributed by atoms with E-state index >= 15 is 0 Å². The average molecular weight is 453 g/mol. The van der Waals surface area contributed by atoms with Crippen LogP contribution in [-0.2, 0) is 10.9 Å². The molecular formula is C23H26F3NO5. The van der Waals surface area contributed by atoms with E-state index in [-0.39, 0.29) is 12.7 Å². The van der Waals surface area contributed by atoms with Gasteiger partial charge in [-0.1, -0.05) is 12.1 Å². The Bertz CT molecular complexity index is 880. The summed E-state index contributed by atoms with van der Waals surface area (Å²) < 4.78 is 54.1. The van der Waals surface area contributed by atoms with Crippen molar-refractivity contribution in [3.63, 3.8) is 0 Å². The first-order chi connectivity index (χ1) is 15.3. The van der Waals surface area contributed by atoms with E-state index in [1.165, 1.54) is 19.2 Å². The molecule has 1 aliphatic heterocycles. The number of benzene rings is 2. The molecule has 1 atom stereocenters. The third-order valence-electron chi connectivity index (χ3n) is 5.21. The molecule has 0 saturated carbocycles. The zero-order valence-corrected chi connectivity index (χ0v) is 17.7. The SMILES string of the molecule is COC(=O)c1ccccc1OCC(O)CN1CCC(Oc2ccc(C(F)(F)F)cc2)CC1. The van der Waals surface area contributed by atoms with Crippen LogP contribution in [-0.4, -0.2) is 61.5 Å². The highest BCUT2D eigenvalue weighted by molar-refractivity contribution is 5.92. The summed E-state index contributed by atoms with van der Waals surface area (Å²) in [5.41, 5.74) is -0.409. The number of aliphatic hydroxyl groups excluding tert-OH is 1. The maximum Gasteiger partial charge on any atom is 0.416 e. The lowest BCUT2D eigenvalue weighted by Gasteiger charge is -2.33. The third kappa shape index (κ3) is 6.61. The highest BCUT2D eigenvalue weighted by Gasteiger charge is 2.30. The van der Waals surface area contributed by atoms with Crippen LogP contribution in [0.2, 0.25) is 0 Å². The zero-order chi connectivity index (χ0) is 23.1. The monoisotopic (exact) mass is 453 g/mol. The minimum atomic E-state index is -4.37. The van der Waals surface area contributed by atoms with Gasteiger partial charge in [0.05, 0.1) is 12.7 Å². The summed E-state index contributed by atoms with van der Waals surface area (Å²) in [6.45, 7) is 1.78. The number of likely N-dealkylation sites (tertiary alicyclic amines) is 1. The number of ether oxygens (including phenoxy) is 3. The predicted octanol–water partition coefficient (Wildman–Crippen LogP) is 3.78. The average Bonchev–Trinajstić information content (AvgIpc) is 2.78. The van der Waals surface area contributed by atoms with Crippen LogP contribution >= 0.6 is 0 Å². The van der Waals surface area contributed by atoms with E-state index in [1.54, 1.807) is 24.3 Å². The van der Waals surface area contributed by atoms with Gasteiger partial charge >= 0.3 is 12.1 Å². The number of carbonyl (C=O) groups excluding carboxylic acids is 1. The number of nitrogens with zero attached hydrogens (tertiary/aromatic N) is 1. The van der Waals surface area contributed by atoms with Crippen molar-refractivity contribution in [2.45, 2.75) is 31.2 Å². The molecular weight excluding hydrogens is 427 g/mol. The molecule has 0 radical (unpaired) electrons. The molecule has 9 heteroatoms. The van der Waals surface area contributed by atoms with E-state index in [0.717, 1.165) is 12.1 Å². The number of piperidine rings is 1. The fraction of sp³-hybridized carbons (Fsp3) is 0.435. The number of rotatable bonds is 8. The van der Waals surface area contributed by atoms with E-state index in [0.29, 0.717) is 49.5 Å². The number of alkyl halides is 3. The van der Waals surface area contributed by atoms with E-state index in [9.17, 15) is 23.1 Å². The van der Waals surface area contributed by atoms with Crippen LogP contribution in [0.3, 0.4) is 0 Å². The molecule has 174 valence electrons. The van der Waals surface area contributed by atoms with Gasteiger partial charge in [-0.2, -0.15) is 13.2 Å². The second-order valence-corrected chi connectivity index (χ2v) is 7.59. The Hall–Kier alpha value is -2.78. The molecule has 1 aliphatic rings. The number of β-amino-alcohol motifs (C(OH)–C–C–N with tert-alkyl or cyclic N) is 1. The van der Waals surface area contributed by atoms with E-state index in [2.05, 4.69) is 4.90 Å². The van der Waals surface area contributed by atoms with E-state index < -0.39 is 23.8 Å². The second-order valence-electron chi connectivity index (χ2n) is 7.59. The lowest BCUT2D eigenvalue weighted by Crippen LogP contribution is -2.43. The summed E-state index contributed by atoms with van der Waals surface area (Å²) >= 11 is 0. The van der Waals surface area contributed by atoms with Gasteiger partial charge in [-0.15, -0.1) is 0 Å². The Labute approximate surface area is 184 Å². The van der Waals surface area contributed by atoms with E-state index in [4.69, 9.17) is 14.2 Å². The number of hydrogen-bond donors (Lipinski definition) is 1. The molecule has 0 amide bonds. The Morgan fingerprint density at radius 3 is 2.41 bits per heavy atom. The molecule has 1 fully saturated rings. The summed E-state index contributed by atoms with van der Waals surface area (Å²) in [4.78, 5) is 13.9. The summed E-state index contributed by atoms with van der Waals surface area (Å²) in [5.74, 6) is 0.251. The summed E-state index contributed by atoms with van der Waals surface area (Å²) in [6, 6.07) is 11.4. The molecule has 1 unspecified atom stereocenters. The van der Waals surface area contributed by atoms with Crippen LogP contribution in [0.1, 0.15) is 28.8 Å². The molecule has 3 rings (SSSR count). The van der Waals surface area contributed by atoms with E-state index in [1.807, 2.05) is 0 Å². The van der Waals surface area contributed by atoms with Gasteiger partial charge in [0.2, 0.25) is 0 Å². The lowest BCUT2D eigenvalue weighted by molar-refractivity contribution is -0.137. The van der Waals surface area contributed by atoms with Crippen LogP contribution in [0.15, 0.2) is 48.5 Å². The van der Waals surface area contributed by atoms with Crippen LogP contribution < -0.4 is 9.47 Å². The first-order valence-corrected chi connectivity index (χ1v) is 10.3. The van der Waals surface area contributed by atoms with Gasteiger partial charge in [0, 0.05) is 19.6 Å². The van der Waals surface area contributed by atoms with Crippen LogP contribution in [0.4, 0.5) is 13.2 Å². The van der Waals surface area contributed by atoms with Gasteiger partial charge in [-0.3, -0.25) is 0 Å². The summed E-state index contributed by atoms with van der Waals surface area (Å²) in [5, 5.41) is 10.3. The molecule has 0 aliphatic carbocycles. The minimum absolute atomic E-state index is 0.0238. The molecule has 6 nitrogen and oxygen atoms in total. The van der Waals surface area contributed by atoms with Crippen LogP contribution in [0, 0.1) is 0 Å². The van der Waals surface area contributed by atoms with Gasteiger partial charge in [-0.25, -0.2) is 4.79 Å². The largest absolute Gasteiger partial charge is 0.490 e. The minimum Gasteiger partial charge on any atom is -0.490 e. The van der Waals surface area contributed by atoms with Crippen molar-refractivity contribution < 1.29 is 37.3 Å². The Morgan fingerprint density at radius 2 is 1.78 bits per heavy atom. The smallest absolute Gasteiger partial charge is 0.416 e. The van der Waals surface area contributed by atoms with Crippen LogP contribution in [0.5, 0.6) is 11.5 Å². The predicted molar refractivity (Wildman–Crippen MR) is 111 cm³/mol. The Kier molecular flexibility index (Phi) is 7.98. The summed E-state index contributed by atoms with van der Waals surface area (Å²) in [7, 11) is 1.29. The first kappa shape index (κ1) is 23.9. The maximum atomic E-state index is 12.7. The molecule has 1 saturated heterocycles. The Morgan fingerprint density at radius 1 is 1.12 bits per heavy atom. The maximum absolute atomic E-state index is 12.7. The standard InChI is InChI=1S/C23H26F3NO5/c1-30-22(29)20-4-2-3-5-21(20)31-15-17(28)14-27-12-10-19(11-13-27)32-18-8-6-16(7-9-18)23(24,25)26/h2-9,17,19,28H,10-15H2,1H3. The van der Waals surface area contributed by atoms with Crippen molar-refractivity contribution in [3.8, 4) is 11.5 Å². The topological polar surface area (TPSA) is 68.2 Å². The number of carbonyl (C=O) groups is 1. The van der Waals surface area contributed by atoms with Crippen molar-refractivity contribution in [1.29, 1.82) is 0 Å². The number of para-hydroxylation sites is 1. The number of aliphatic hydroxyl groups is 1. The highest BCUT2D eigenvalue weighted by Crippen LogP contribution is 2.31. The third-order valence-corrected chi connectivity index (χ3v) is 5.21. The quantitative estimate of drug-likeness (QED) is 0.614. The van der Waals surface area contributed by atoms with Gasteiger partial charge in [0.1, 0.15) is 35.9 Å². The van der Waals surface area contributed by atoms with Gasteiger partial charge < -0.3 is 24.2 Å². The molecule has 0 spiro atoms. The molecule has 1 N–H and O–H groups in total. The lowest BCUT2D eigenvalue weighted by atomic mass is 10.1. The number of hydrogen-bond acceptors (Lipinski definition) is 6. The number of esters is 1. The normalized spacial score (nSPS) is 16.4. The second kappa shape index (κ2) is 10.7. The van der Waals surface area contributed by atoms with Gasteiger partial charge in [0.25, 0.3) is 0 Å². The fourth-order valence-corrected chi connectivity index (χ4v) is 3.53. The van der Waals surface area contributed by atoms with Crippen molar-refractivity contribution in [1.82, 2.24) is 4.90 Å². The van der Waals surface area contributed by atoms with Crippen LogP contribution in [0.25, 0.3) is 0 Å². The highest BCUT2D eigenvalue weighted by atomic mass is 19.4. The van der Waals surface area contributed by atoms with Crippen molar-refractivity contribution in [2.24, 2.45) is 0 Å². The first-order valence-electron chi connectivity index (χ1n) is 10.3. The molecule has 0 aromatic heterocycles. The fourth-order valence-electron chi connectivity index (χ4n) is 3.53. The molecule has 1 heterocycles. The van der Waals surface area contributed by atoms with Gasteiger partial charge in [0.15, 0.2) is 0 Å². The number of halogens is 3. The molecule has 32 heavy (non-hydrogen) atoms. The molecule has 2 aromatic rings. The van der Waals surface area contributed by atoms with Gasteiger partial charge in [-0.05, 0) is 49.2 Å². The molecule has 2 aromatic carbocycles. The van der Waals surface area contributed by atoms with Crippen molar-refractivity contribution in [3.05, 3.63) is 59.7 Å². The summed E-state index contributed by atoms with van der Waals surface area (Å²) in [6.07, 6.45) is -3.83. The molecule has 0 bridgehead atoms. The number of methoxy groups -OCH3 is 1. The van der Waals surface area contributed by atoms with Crippen molar-refractivity contribution >= 4 is 5.97 Å².